The van der Waals surface area contributed by atoms with E-state index in [-0.39, 0.29) is 51.4 Å². The first-order valence-electron chi connectivity index (χ1n) is 9.19. The largest absolute Gasteiger partial charge is 1.00 e. The zero-order valence-electron chi connectivity index (χ0n) is 17.4. The molecule has 0 fully saturated rings. The molecule has 164 valence electrons. The van der Waals surface area contributed by atoms with E-state index in [0.29, 0.717) is 12.1 Å². The van der Waals surface area contributed by atoms with Gasteiger partial charge in [0.2, 0.25) is 5.43 Å². The summed E-state index contributed by atoms with van der Waals surface area (Å²) in [5, 5.41) is 15.0. The molecule has 0 saturated heterocycles. The summed E-state index contributed by atoms with van der Waals surface area (Å²) in [5.41, 5.74) is 1.33. The maximum absolute atomic E-state index is 13.8. The van der Waals surface area contributed by atoms with E-state index in [2.05, 4.69) is 16.1 Å². The van der Waals surface area contributed by atoms with E-state index < -0.39 is 75.9 Å². The van der Waals surface area contributed by atoms with E-state index in [1.807, 2.05) is 0 Å². The average Bonchev–Trinajstić information content (AvgIpc) is 2.72. The van der Waals surface area contributed by atoms with Crippen molar-refractivity contribution in [2.24, 2.45) is 0 Å². The number of fused-ring (bicyclic) bond motifs is 1. The van der Waals surface area contributed by atoms with Gasteiger partial charge >= 0.3 is 51.4 Å². The Morgan fingerprint density at radius 3 is 2.44 bits per heavy atom. The number of halogens is 3. The molecule has 2 unspecified atom stereocenters. The van der Waals surface area contributed by atoms with Crippen molar-refractivity contribution >= 4 is 11.8 Å². The van der Waals surface area contributed by atoms with Gasteiger partial charge in [0.05, 0.1) is 0 Å². The fourth-order valence-electron chi connectivity index (χ4n) is 2.94. The molecule has 2 heterocycles. The van der Waals surface area contributed by atoms with Crippen molar-refractivity contribution in [3.63, 3.8) is 0 Å². The number of hydrogen-bond acceptors (Lipinski definition) is 4. The van der Waals surface area contributed by atoms with Crippen LogP contribution < -0.4 is 67.4 Å². The third-order valence-corrected chi connectivity index (χ3v) is 4.50. The van der Waals surface area contributed by atoms with Gasteiger partial charge in [-0.05, 0) is 6.92 Å². The third-order valence-electron chi connectivity index (χ3n) is 4.50. The molecule has 0 spiro atoms. The molecule has 32 heavy (non-hydrogen) atoms. The predicted octanol–water partition coefficient (Wildman–Crippen LogP) is -0.881. The molecule has 2 amide bonds. The minimum Gasteiger partial charge on any atom is -0.611 e. The number of amides is 2. The number of benzene rings is 1. The first kappa shape index (κ1) is 26.1. The Balaban J connectivity index is 0.00000363. The van der Waals surface area contributed by atoms with Crippen LogP contribution in [0.1, 0.15) is 40.3 Å². The van der Waals surface area contributed by atoms with E-state index in [4.69, 9.17) is 0 Å². The normalized spacial score (nSPS) is 18.6. The van der Waals surface area contributed by atoms with Crippen molar-refractivity contribution in [1.82, 2.24) is 15.3 Å². The van der Waals surface area contributed by atoms with Crippen LogP contribution in [0, 0.1) is 17.5 Å². The maximum atomic E-state index is 13.8. The molecular formula is C20H18F3KN4O4. The van der Waals surface area contributed by atoms with Gasteiger partial charge in [0.25, 0.3) is 11.8 Å². The molecule has 2 aromatic rings. The number of nitrogens with zero attached hydrogens (tertiary/aromatic N) is 2. The monoisotopic (exact) mass is 474 g/mol. The molecule has 1 aliphatic heterocycles. The second-order valence-electron chi connectivity index (χ2n) is 6.95. The predicted molar refractivity (Wildman–Crippen MR) is 104 cm³/mol. The standard InChI is InChI=1S/C20H18F3N4O4.K/c1-9-3-4-10(2)26-27-8-13(17(28)18(29)16(27)20(31)25-9)19(30)24-7-12-14(22)5-11(21)6-15(12)23;/h3-6,8-10,29H,7H2,1-2H3,(H,24,30)(H,25,31);/q-1;+1/b4-3-;. The van der Waals surface area contributed by atoms with Crippen molar-refractivity contribution in [1.29, 1.82) is 0 Å². The molecule has 1 aromatic carbocycles. The fraction of sp³-hybridized carbons (Fsp3) is 0.250. The van der Waals surface area contributed by atoms with Gasteiger partial charge in [0.1, 0.15) is 28.7 Å². The van der Waals surface area contributed by atoms with E-state index in [0.717, 1.165) is 10.9 Å². The molecule has 1 aromatic heterocycles. The van der Waals surface area contributed by atoms with Crippen molar-refractivity contribution in [2.45, 2.75) is 32.5 Å². The van der Waals surface area contributed by atoms with E-state index >= 15 is 0 Å². The Morgan fingerprint density at radius 2 is 1.81 bits per heavy atom. The quantitative estimate of drug-likeness (QED) is 0.396. The number of pyridine rings is 1. The van der Waals surface area contributed by atoms with Crippen molar-refractivity contribution in [2.75, 3.05) is 0 Å². The van der Waals surface area contributed by atoms with Crippen LogP contribution >= 0.6 is 0 Å². The van der Waals surface area contributed by atoms with Crippen LogP contribution in [-0.2, 0) is 6.54 Å². The zero-order chi connectivity index (χ0) is 22.9. The van der Waals surface area contributed by atoms with Gasteiger partial charge in [-0.1, -0.05) is 19.0 Å². The van der Waals surface area contributed by atoms with Gasteiger partial charge < -0.3 is 25.8 Å². The summed E-state index contributed by atoms with van der Waals surface area (Å²) < 4.78 is 41.5. The van der Waals surface area contributed by atoms with Gasteiger partial charge in [0.15, 0.2) is 5.75 Å². The topological polar surface area (TPSA) is 115 Å². The van der Waals surface area contributed by atoms with Crippen LogP contribution in [0.5, 0.6) is 5.75 Å². The molecule has 8 nitrogen and oxygen atoms in total. The summed E-state index contributed by atoms with van der Waals surface area (Å²) in [6, 6.07) is 0.0175. The Morgan fingerprint density at radius 1 is 1.19 bits per heavy atom. The van der Waals surface area contributed by atoms with Gasteiger partial charge in [-0.3, -0.25) is 14.4 Å². The number of nitrogens with one attached hydrogen (secondary N) is 2. The molecule has 0 bridgehead atoms. The Kier molecular flexibility index (Phi) is 8.71. The van der Waals surface area contributed by atoms with E-state index in [1.165, 1.54) is 0 Å². The van der Waals surface area contributed by atoms with Gasteiger partial charge in [0, 0.05) is 36.5 Å². The molecule has 3 N–H and O–H groups in total. The van der Waals surface area contributed by atoms with Crippen LogP contribution in [0.3, 0.4) is 0 Å². The molecule has 12 heteroatoms. The van der Waals surface area contributed by atoms with Gasteiger partial charge in [-0.15, -0.1) is 6.08 Å². The molecule has 0 radical (unpaired) electrons. The Hall–Kier alpha value is -2.12. The minimum absolute atomic E-state index is 0. The fourth-order valence-corrected chi connectivity index (χ4v) is 2.94. The molecule has 2 atom stereocenters. The SMILES string of the molecule is CC1/C=C\C(C)NC(=O)c2c(O)c(=O)c(C(=O)NCc3c(F)cc(F)cc3F)cn2[N-]1.[K+]. The number of rotatable bonds is 3. The zero-order valence-corrected chi connectivity index (χ0v) is 20.6. The van der Waals surface area contributed by atoms with Gasteiger partial charge in [-0.2, -0.15) is 0 Å². The van der Waals surface area contributed by atoms with Crippen LogP contribution in [0.25, 0.3) is 5.43 Å². The first-order chi connectivity index (χ1) is 14.6. The average molecular weight is 474 g/mol. The smallest absolute Gasteiger partial charge is 0.611 e. The second-order valence-corrected chi connectivity index (χ2v) is 6.95. The summed E-state index contributed by atoms with van der Waals surface area (Å²) >= 11 is 0. The van der Waals surface area contributed by atoms with Gasteiger partial charge in [-0.25, -0.2) is 13.2 Å². The summed E-state index contributed by atoms with van der Waals surface area (Å²) in [6.07, 6.45) is 4.30. The molecule has 0 saturated carbocycles. The Labute approximate surface area is 223 Å². The van der Waals surface area contributed by atoms with Crippen LogP contribution in [0.2, 0.25) is 0 Å². The number of carbonyl (C=O) groups is 2. The molecule has 3 rings (SSSR count). The number of aromatic hydroxyl groups is 1. The van der Waals surface area contributed by atoms with Crippen LogP contribution in [0.4, 0.5) is 13.2 Å². The van der Waals surface area contributed by atoms with Crippen LogP contribution in [-0.4, -0.2) is 33.7 Å². The molecule has 0 aliphatic carbocycles. The van der Waals surface area contributed by atoms with Crippen molar-refractivity contribution in [3.05, 3.63) is 80.4 Å². The number of hydrogen-bond donors (Lipinski definition) is 3. The molecular weight excluding hydrogens is 456 g/mol. The van der Waals surface area contributed by atoms with E-state index in [9.17, 15) is 32.7 Å². The third kappa shape index (κ3) is 5.62. The minimum atomic E-state index is -1.21. The Bertz CT molecular complexity index is 1130. The first-order valence-corrected chi connectivity index (χ1v) is 9.19. The summed E-state index contributed by atoms with van der Waals surface area (Å²) in [7, 11) is 0. The second kappa shape index (κ2) is 10.7. The van der Waals surface area contributed by atoms with E-state index in [1.54, 1.807) is 26.0 Å². The van der Waals surface area contributed by atoms with Crippen LogP contribution in [0.15, 0.2) is 35.3 Å². The number of aromatic nitrogens is 1. The summed E-state index contributed by atoms with van der Waals surface area (Å²) in [5.74, 6) is -6.42. The maximum Gasteiger partial charge on any atom is 1.00 e. The van der Waals surface area contributed by atoms with Crippen molar-refractivity contribution < 1.29 is 79.3 Å². The summed E-state index contributed by atoms with van der Waals surface area (Å²) in [6.45, 7) is 2.67. The number of carbonyl (C=O) groups excluding carboxylic acids is 2. The summed E-state index contributed by atoms with van der Waals surface area (Å²) in [4.78, 5) is 37.5. The van der Waals surface area contributed by atoms with Crippen molar-refractivity contribution in [3.8, 4) is 5.75 Å². The molecule has 1 aliphatic rings.